The Hall–Kier alpha value is -1.30. The van der Waals surface area contributed by atoms with Crippen LogP contribution in [0.2, 0.25) is 0 Å². The number of thioether (sulfide) groups is 1. The van der Waals surface area contributed by atoms with Crippen molar-refractivity contribution in [2.45, 2.75) is 32.4 Å². The number of pyridine rings is 1. The zero-order chi connectivity index (χ0) is 17.8. The van der Waals surface area contributed by atoms with Crippen LogP contribution in [0.5, 0.6) is 5.75 Å². The Morgan fingerprint density at radius 3 is 2.65 bits per heavy atom. The van der Waals surface area contributed by atoms with Crippen LogP contribution in [0.25, 0.3) is 10.9 Å². The fourth-order valence-electron chi connectivity index (χ4n) is 4.10. The number of benzene rings is 1. The molecule has 2 saturated heterocycles. The summed E-state index contributed by atoms with van der Waals surface area (Å²) in [5.41, 5.74) is 2.24. The molecule has 26 heavy (non-hydrogen) atoms. The fourth-order valence-corrected chi connectivity index (χ4v) is 5.04. The van der Waals surface area contributed by atoms with Crippen molar-refractivity contribution in [3.05, 3.63) is 36.0 Å². The van der Waals surface area contributed by atoms with Crippen molar-refractivity contribution in [2.24, 2.45) is 0 Å². The largest absolute Gasteiger partial charge is 0.494 e. The van der Waals surface area contributed by atoms with E-state index in [0.717, 1.165) is 29.2 Å². The molecule has 0 spiro atoms. The molecule has 2 aliphatic heterocycles. The van der Waals surface area contributed by atoms with Gasteiger partial charge in [-0.25, -0.2) is 0 Å². The maximum Gasteiger partial charge on any atom is 0.120 e. The van der Waals surface area contributed by atoms with E-state index in [2.05, 4.69) is 45.8 Å². The Kier molecular flexibility index (Phi) is 5.98. The van der Waals surface area contributed by atoms with Crippen LogP contribution in [0, 0.1) is 0 Å². The molecule has 0 aliphatic carbocycles. The summed E-state index contributed by atoms with van der Waals surface area (Å²) < 4.78 is 5.58. The second-order valence-corrected chi connectivity index (χ2v) is 8.47. The molecular formula is C21H29N3OS. The van der Waals surface area contributed by atoms with Gasteiger partial charge in [-0.3, -0.25) is 14.8 Å². The first-order valence-electron chi connectivity index (χ1n) is 9.88. The topological polar surface area (TPSA) is 28.6 Å². The van der Waals surface area contributed by atoms with Gasteiger partial charge in [0.1, 0.15) is 5.75 Å². The summed E-state index contributed by atoms with van der Waals surface area (Å²) in [4.78, 5) is 10.2. The number of ether oxygens (including phenoxy) is 1. The average molecular weight is 372 g/mol. The van der Waals surface area contributed by atoms with E-state index in [4.69, 9.17) is 9.72 Å². The minimum Gasteiger partial charge on any atom is -0.494 e. The molecule has 0 bridgehead atoms. The molecule has 3 heterocycles. The second kappa shape index (κ2) is 8.59. The molecule has 0 atom stereocenters. The maximum absolute atomic E-state index is 5.58. The maximum atomic E-state index is 5.58. The fraction of sp³-hybridized carbons (Fsp3) is 0.571. The molecule has 0 saturated carbocycles. The summed E-state index contributed by atoms with van der Waals surface area (Å²) in [5, 5.41) is 1.15. The van der Waals surface area contributed by atoms with Gasteiger partial charge < -0.3 is 4.74 Å². The number of hydrogen-bond acceptors (Lipinski definition) is 5. The minimum atomic E-state index is 0.698. The van der Waals surface area contributed by atoms with Crippen molar-refractivity contribution in [1.82, 2.24) is 14.8 Å². The average Bonchev–Trinajstić information content (AvgIpc) is 2.70. The first kappa shape index (κ1) is 18.1. The molecule has 2 fully saturated rings. The van der Waals surface area contributed by atoms with Crippen LogP contribution in [-0.4, -0.2) is 65.1 Å². The Bertz CT molecular complexity index is 724. The smallest absolute Gasteiger partial charge is 0.120 e. The lowest BCUT2D eigenvalue weighted by atomic mass is 10.0. The molecule has 0 radical (unpaired) electrons. The highest BCUT2D eigenvalue weighted by Gasteiger charge is 2.25. The number of nitrogens with zero attached hydrogens (tertiary/aromatic N) is 3. The molecule has 1 aromatic heterocycles. The van der Waals surface area contributed by atoms with Crippen molar-refractivity contribution in [2.75, 3.05) is 44.3 Å². The van der Waals surface area contributed by atoms with Crippen molar-refractivity contribution < 1.29 is 4.74 Å². The van der Waals surface area contributed by atoms with Gasteiger partial charge in [0.2, 0.25) is 0 Å². The minimum absolute atomic E-state index is 0.698. The lowest BCUT2D eigenvalue weighted by Gasteiger charge is -2.40. The molecule has 5 heteroatoms. The summed E-state index contributed by atoms with van der Waals surface area (Å²) in [6.07, 6.45) is 2.60. The van der Waals surface area contributed by atoms with Gasteiger partial charge in [-0.1, -0.05) is 6.07 Å². The van der Waals surface area contributed by atoms with Gasteiger partial charge in [-0.05, 0) is 44.0 Å². The number of piperidine rings is 1. The second-order valence-electron chi connectivity index (χ2n) is 7.25. The lowest BCUT2D eigenvalue weighted by Crippen LogP contribution is -2.47. The standard InChI is InChI=1S/C21H29N3OS/c1-2-25-20-5-6-21-17(15-20)3-4-18(22-21)16-23-9-7-19(8-10-23)24-11-13-26-14-12-24/h3-6,15,19H,2,7-14,16H2,1H3. The molecule has 1 aromatic carbocycles. The third kappa shape index (κ3) is 4.33. The molecule has 4 rings (SSSR count). The van der Waals surface area contributed by atoms with E-state index in [0.29, 0.717) is 6.61 Å². The van der Waals surface area contributed by atoms with Crippen LogP contribution in [0.3, 0.4) is 0 Å². The highest BCUT2D eigenvalue weighted by atomic mass is 32.2. The number of likely N-dealkylation sites (tertiary alicyclic amines) is 1. The van der Waals surface area contributed by atoms with E-state index in [1.165, 1.54) is 56.2 Å². The third-order valence-corrected chi connectivity index (χ3v) is 6.48. The van der Waals surface area contributed by atoms with Gasteiger partial charge in [0.05, 0.1) is 17.8 Å². The normalized spacial score (nSPS) is 20.5. The molecule has 0 unspecified atom stereocenters. The number of rotatable bonds is 5. The Balaban J connectivity index is 1.35. The van der Waals surface area contributed by atoms with Crippen LogP contribution in [0.15, 0.2) is 30.3 Å². The lowest BCUT2D eigenvalue weighted by molar-refractivity contribution is 0.112. The highest BCUT2D eigenvalue weighted by Crippen LogP contribution is 2.23. The SMILES string of the molecule is CCOc1ccc2nc(CN3CCC(N4CCSCC4)CC3)ccc2c1. The van der Waals surface area contributed by atoms with Gasteiger partial charge in [0.25, 0.3) is 0 Å². The molecule has 140 valence electrons. The van der Waals surface area contributed by atoms with Crippen molar-refractivity contribution in [3.63, 3.8) is 0 Å². The summed E-state index contributed by atoms with van der Waals surface area (Å²) in [6.45, 7) is 8.62. The van der Waals surface area contributed by atoms with Gasteiger partial charge in [-0.2, -0.15) is 11.8 Å². The van der Waals surface area contributed by atoms with Crippen LogP contribution >= 0.6 is 11.8 Å². The van der Waals surface area contributed by atoms with E-state index in [-0.39, 0.29) is 0 Å². The summed E-state index contributed by atoms with van der Waals surface area (Å²) >= 11 is 2.10. The Morgan fingerprint density at radius 2 is 1.88 bits per heavy atom. The predicted octanol–water partition coefficient (Wildman–Crippen LogP) is 3.65. The Labute approximate surface area is 160 Å². The molecular weight excluding hydrogens is 342 g/mol. The number of aromatic nitrogens is 1. The quantitative estimate of drug-likeness (QED) is 0.800. The molecule has 0 N–H and O–H groups in total. The van der Waals surface area contributed by atoms with E-state index in [1.807, 2.05) is 13.0 Å². The predicted molar refractivity (Wildman–Crippen MR) is 110 cm³/mol. The van der Waals surface area contributed by atoms with E-state index in [9.17, 15) is 0 Å². The van der Waals surface area contributed by atoms with Crippen LogP contribution < -0.4 is 4.74 Å². The van der Waals surface area contributed by atoms with Crippen LogP contribution in [-0.2, 0) is 6.54 Å². The van der Waals surface area contributed by atoms with Gasteiger partial charge in [0.15, 0.2) is 0 Å². The molecule has 0 amide bonds. The molecule has 2 aliphatic rings. The monoisotopic (exact) mass is 371 g/mol. The molecule has 2 aromatic rings. The number of hydrogen-bond donors (Lipinski definition) is 0. The van der Waals surface area contributed by atoms with Gasteiger partial charge in [0, 0.05) is 55.7 Å². The van der Waals surface area contributed by atoms with Crippen molar-refractivity contribution in [1.29, 1.82) is 0 Å². The van der Waals surface area contributed by atoms with E-state index < -0.39 is 0 Å². The summed E-state index contributed by atoms with van der Waals surface area (Å²) in [6, 6.07) is 11.3. The van der Waals surface area contributed by atoms with Crippen LogP contribution in [0.1, 0.15) is 25.5 Å². The van der Waals surface area contributed by atoms with E-state index >= 15 is 0 Å². The zero-order valence-electron chi connectivity index (χ0n) is 15.7. The zero-order valence-corrected chi connectivity index (χ0v) is 16.5. The van der Waals surface area contributed by atoms with Crippen molar-refractivity contribution in [3.8, 4) is 5.75 Å². The third-order valence-electron chi connectivity index (χ3n) is 5.53. The van der Waals surface area contributed by atoms with Crippen LogP contribution in [0.4, 0.5) is 0 Å². The van der Waals surface area contributed by atoms with Gasteiger partial charge in [-0.15, -0.1) is 0 Å². The summed E-state index contributed by atoms with van der Waals surface area (Å²) in [7, 11) is 0. The first-order chi connectivity index (χ1) is 12.8. The highest BCUT2D eigenvalue weighted by molar-refractivity contribution is 7.99. The first-order valence-corrected chi connectivity index (χ1v) is 11.0. The van der Waals surface area contributed by atoms with E-state index in [1.54, 1.807) is 0 Å². The summed E-state index contributed by atoms with van der Waals surface area (Å²) in [5.74, 6) is 3.55. The van der Waals surface area contributed by atoms with Crippen molar-refractivity contribution >= 4 is 22.7 Å². The van der Waals surface area contributed by atoms with Gasteiger partial charge >= 0.3 is 0 Å². The molecule has 4 nitrogen and oxygen atoms in total. The Morgan fingerprint density at radius 1 is 1.08 bits per heavy atom. The number of fused-ring (bicyclic) bond motifs is 1.